The van der Waals surface area contributed by atoms with Gasteiger partial charge in [0, 0.05) is 17.3 Å². The number of aliphatic hydroxyl groups excluding tert-OH is 1. The van der Waals surface area contributed by atoms with Crippen molar-refractivity contribution >= 4 is 0 Å². The number of rotatable bonds is 3. The quantitative estimate of drug-likeness (QED) is 0.340. The molecule has 0 aliphatic heterocycles. The summed E-state index contributed by atoms with van der Waals surface area (Å²) in [5, 5.41) is 9.26. The van der Waals surface area contributed by atoms with E-state index in [2.05, 4.69) is 4.98 Å². The summed E-state index contributed by atoms with van der Waals surface area (Å²) in [6.45, 7) is -1.13. The minimum atomic E-state index is -2.50. The van der Waals surface area contributed by atoms with Crippen LogP contribution in [0.4, 0.5) is 43.9 Å². The molecule has 2 nitrogen and oxygen atoms in total. The summed E-state index contributed by atoms with van der Waals surface area (Å²) < 4.78 is 137. The number of hydrogen-bond donors (Lipinski definition) is 1. The fourth-order valence-corrected chi connectivity index (χ4v) is 2.67. The molecule has 30 heavy (non-hydrogen) atoms. The third-order valence-electron chi connectivity index (χ3n) is 4.10. The van der Waals surface area contributed by atoms with Gasteiger partial charge in [0.15, 0.2) is 46.5 Å². The second-order valence-corrected chi connectivity index (χ2v) is 5.77. The third-order valence-corrected chi connectivity index (χ3v) is 4.10. The summed E-state index contributed by atoms with van der Waals surface area (Å²) >= 11 is 0. The molecular formula is C18H5F10NO. The molecule has 3 rings (SSSR count). The first-order valence-electron chi connectivity index (χ1n) is 7.66. The van der Waals surface area contributed by atoms with Crippen molar-refractivity contribution in [1.82, 2.24) is 4.98 Å². The molecule has 1 aromatic heterocycles. The van der Waals surface area contributed by atoms with Crippen LogP contribution in [-0.2, 0) is 6.61 Å². The lowest BCUT2D eigenvalue weighted by atomic mass is 9.97. The molecule has 0 unspecified atom stereocenters. The van der Waals surface area contributed by atoms with Crippen molar-refractivity contribution in [2.45, 2.75) is 6.61 Å². The molecule has 0 saturated heterocycles. The topological polar surface area (TPSA) is 33.1 Å². The van der Waals surface area contributed by atoms with Crippen LogP contribution in [0.15, 0.2) is 12.3 Å². The third kappa shape index (κ3) is 3.07. The Kier molecular flexibility index (Phi) is 5.46. The zero-order chi connectivity index (χ0) is 22.5. The van der Waals surface area contributed by atoms with Gasteiger partial charge in [0.25, 0.3) is 0 Å². The van der Waals surface area contributed by atoms with Gasteiger partial charge in [-0.2, -0.15) is 0 Å². The lowest BCUT2D eigenvalue weighted by Gasteiger charge is -2.14. The maximum absolute atomic E-state index is 14.1. The average molecular weight is 441 g/mol. The van der Waals surface area contributed by atoms with Crippen molar-refractivity contribution in [2.24, 2.45) is 0 Å². The molecule has 2 aromatic carbocycles. The normalized spacial score (nSPS) is 11.3. The van der Waals surface area contributed by atoms with E-state index in [-0.39, 0.29) is 0 Å². The predicted octanol–water partition coefficient (Wildman–Crippen LogP) is 5.30. The van der Waals surface area contributed by atoms with Crippen LogP contribution < -0.4 is 0 Å². The van der Waals surface area contributed by atoms with Crippen LogP contribution >= 0.6 is 0 Å². The Balaban J connectivity index is 2.40. The SMILES string of the molecule is OCc1ncc(-c2c(F)c(F)c(F)c(F)c2F)cc1-c1c(F)c(F)c(F)c(F)c1F. The van der Waals surface area contributed by atoms with Gasteiger partial charge < -0.3 is 5.11 Å². The van der Waals surface area contributed by atoms with E-state index in [4.69, 9.17) is 0 Å². The largest absolute Gasteiger partial charge is 0.390 e. The van der Waals surface area contributed by atoms with Crippen LogP contribution in [0, 0.1) is 58.2 Å². The number of benzene rings is 2. The molecule has 0 radical (unpaired) electrons. The fraction of sp³-hybridized carbons (Fsp3) is 0.0556. The molecule has 0 saturated carbocycles. The first-order valence-corrected chi connectivity index (χ1v) is 7.66. The Morgan fingerprint density at radius 3 is 1.33 bits per heavy atom. The van der Waals surface area contributed by atoms with E-state index in [1.54, 1.807) is 0 Å². The number of pyridine rings is 1. The predicted molar refractivity (Wildman–Crippen MR) is 80.6 cm³/mol. The van der Waals surface area contributed by atoms with Gasteiger partial charge in [-0.05, 0) is 6.07 Å². The van der Waals surface area contributed by atoms with Gasteiger partial charge >= 0.3 is 0 Å². The maximum atomic E-state index is 14.1. The molecule has 0 aliphatic carbocycles. The standard InChI is InChI=1S/C18H5F10NO/c19-9-7(10(20)14(24)17(27)13(9)23)4-1-5(6(3-30)29-2-4)8-11(21)15(25)18(28)16(26)12(8)22/h1-2,30H,3H2. The minimum Gasteiger partial charge on any atom is -0.390 e. The number of hydrogen-bond acceptors (Lipinski definition) is 2. The monoisotopic (exact) mass is 441 g/mol. The highest BCUT2D eigenvalue weighted by Crippen LogP contribution is 2.37. The highest BCUT2D eigenvalue weighted by molar-refractivity contribution is 5.75. The molecule has 12 heteroatoms. The van der Waals surface area contributed by atoms with Crippen LogP contribution in [0.1, 0.15) is 5.69 Å². The maximum Gasteiger partial charge on any atom is 0.200 e. The Bertz CT molecular complexity index is 1140. The Labute approximate surface area is 160 Å². The number of aliphatic hydroxyl groups is 1. The van der Waals surface area contributed by atoms with E-state index < -0.39 is 92.7 Å². The highest BCUT2D eigenvalue weighted by Gasteiger charge is 2.30. The van der Waals surface area contributed by atoms with Crippen molar-refractivity contribution in [3.63, 3.8) is 0 Å². The molecule has 0 bridgehead atoms. The van der Waals surface area contributed by atoms with Gasteiger partial charge in [-0.1, -0.05) is 0 Å². The Morgan fingerprint density at radius 1 is 0.567 bits per heavy atom. The summed E-state index contributed by atoms with van der Waals surface area (Å²) in [5.41, 5.74) is -5.85. The van der Waals surface area contributed by atoms with E-state index in [9.17, 15) is 49.0 Å². The second kappa shape index (κ2) is 7.59. The van der Waals surface area contributed by atoms with Crippen LogP contribution in [-0.4, -0.2) is 10.1 Å². The molecular weight excluding hydrogens is 436 g/mol. The summed E-state index contributed by atoms with van der Waals surface area (Å²) in [6.07, 6.45) is 0.485. The minimum absolute atomic E-state index is 0.370. The van der Waals surface area contributed by atoms with Crippen molar-refractivity contribution < 1.29 is 49.0 Å². The van der Waals surface area contributed by atoms with Crippen molar-refractivity contribution in [2.75, 3.05) is 0 Å². The lowest BCUT2D eigenvalue weighted by Crippen LogP contribution is -2.08. The van der Waals surface area contributed by atoms with Gasteiger partial charge in [0.05, 0.1) is 23.4 Å². The molecule has 158 valence electrons. The highest BCUT2D eigenvalue weighted by atomic mass is 19.2. The molecule has 0 fully saturated rings. The summed E-state index contributed by atoms with van der Waals surface area (Å²) in [7, 11) is 0. The van der Waals surface area contributed by atoms with Gasteiger partial charge in [-0.25, -0.2) is 43.9 Å². The molecule has 1 heterocycles. The Morgan fingerprint density at radius 2 is 0.933 bits per heavy atom. The molecule has 0 spiro atoms. The molecule has 0 amide bonds. The number of aromatic nitrogens is 1. The number of halogens is 10. The summed E-state index contributed by atoms with van der Waals surface area (Å²) in [6, 6.07) is 0.370. The Hall–Kier alpha value is -3.15. The van der Waals surface area contributed by atoms with Gasteiger partial charge in [0.2, 0.25) is 11.6 Å². The van der Waals surface area contributed by atoms with Gasteiger partial charge in [-0.15, -0.1) is 0 Å². The lowest BCUT2D eigenvalue weighted by molar-refractivity contribution is 0.277. The van der Waals surface area contributed by atoms with Crippen LogP contribution in [0.25, 0.3) is 22.3 Å². The van der Waals surface area contributed by atoms with Crippen LogP contribution in [0.3, 0.4) is 0 Å². The molecule has 3 aromatic rings. The first-order chi connectivity index (χ1) is 14.0. The van der Waals surface area contributed by atoms with E-state index in [0.29, 0.717) is 12.3 Å². The van der Waals surface area contributed by atoms with Crippen LogP contribution in [0.2, 0.25) is 0 Å². The van der Waals surface area contributed by atoms with E-state index in [1.165, 1.54) is 0 Å². The van der Waals surface area contributed by atoms with Crippen molar-refractivity contribution in [3.8, 4) is 22.3 Å². The smallest absolute Gasteiger partial charge is 0.200 e. The second-order valence-electron chi connectivity index (χ2n) is 5.77. The summed E-state index contributed by atoms with van der Waals surface area (Å²) in [5.74, 6) is -23.8. The molecule has 0 aliphatic rings. The van der Waals surface area contributed by atoms with Gasteiger partial charge in [0.1, 0.15) is 0 Å². The van der Waals surface area contributed by atoms with E-state index in [1.807, 2.05) is 0 Å². The average Bonchev–Trinajstić information content (AvgIpc) is 2.74. The van der Waals surface area contributed by atoms with Crippen molar-refractivity contribution in [1.29, 1.82) is 0 Å². The molecule has 1 N–H and O–H groups in total. The zero-order valence-corrected chi connectivity index (χ0v) is 14.0. The van der Waals surface area contributed by atoms with Crippen LogP contribution in [0.5, 0.6) is 0 Å². The summed E-state index contributed by atoms with van der Waals surface area (Å²) in [4.78, 5) is 3.38. The number of nitrogens with zero attached hydrogens (tertiary/aromatic N) is 1. The molecule has 0 atom stereocenters. The van der Waals surface area contributed by atoms with E-state index in [0.717, 1.165) is 0 Å². The van der Waals surface area contributed by atoms with Gasteiger partial charge in [-0.3, -0.25) is 4.98 Å². The first kappa shape index (κ1) is 21.6. The van der Waals surface area contributed by atoms with E-state index >= 15 is 0 Å². The van der Waals surface area contributed by atoms with Crippen molar-refractivity contribution in [3.05, 3.63) is 76.1 Å². The zero-order valence-electron chi connectivity index (χ0n) is 14.0. The fourth-order valence-electron chi connectivity index (χ4n) is 2.67.